The quantitative estimate of drug-likeness (QED) is 0.488. The number of hydrogen-bond donors (Lipinski definition) is 0. The zero-order chi connectivity index (χ0) is 17.5. The number of allylic oxidation sites excluding steroid dienone is 1. The van der Waals surface area contributed by atoms with Crippen LogP contribution in [0.4, 0.5) is 0 Å². The van der Waals surface area contributed by atoms with Gasteiger partial charge in [-0.2, -0.15) is 0 Å². The predicted octanol–water partition coefficient (Wildman–Crippen LogP) is 7.15. The zero-order valence-electron chi connectivity index (χ0n) is 15.6. The molecule has 2 aliphatic carbocycles. The summed E-state index contributed by atoms with van der Waals surface area (Å²) in [6.45, 7) is 0. The summed E-state index contributed by atoms with van der Waals surface area (Å²) in [4.78, 5) is 2.06. The molecule has 2 heteroatoms. The maximum Gasteiger partial charge on any atom is 0.118 e. The summed E-state index contributed by atoms with van der Waals surface area (Å²) < 4.78 is 5.25. The molecule has 138 valence electrons. The lowest BCUT2D eigenvalue weighted by molar-refractivity contribution is 0.153. The van der Waals surface area contributed by atoms with Crippen LogP contribution in [0.1, 0.15) is 63.4 Å². The fourth-order valence-corrected chi connectivity index (χ4v) is 5.45. The van der Waals surface area contributed by atoms with Crippen LogP contribution in [0, 0.1) is 23.7 Å². The van der Waals surface area contributed by atoms with Crippen LogP contribution in [0.25, 0.3) is 0 Å². The molecule has 0 heterocycles. The third-order valence-electron chi connectivity index (χ3n) is 6.72. The monoisotopic (exact) mass is 404 g/mol. The first-order chi connectivity index (χ1) is 12.3. The Balaban J connectivity index is 1.37. The van der Waals surface area contributed by atoms with E-state index in [4.69, 9.17) is 4.74 Å². The molecule has 2 aliphatic rings. The maximum atomic E-state index is 5.25. The van der Waals surface area contributed by atoms with E-state index in [1.165, 1.54) is 69.8 Å². The van der Waals surface area contributed by atoms with Gasteiger partial charge in [0.15, 0.2) is 0 Å². The van der Waals surface area contributed by atoms with E-state index in [2.05, 4.69) is 51.3 Å². The SMILES string of the molecule is COc1ccc(CCC2CCC(C3CCC(/C=C/Br)CC3)CC2)cc1. The van der Waals surface area contributed by atoms with Crippen LogP contribution in [-0.4, -0.2) is 7.11 Å². The van der Waals surface area contributed by atoms with Gasteiger partial charge in [-0.15, -0.1) is 0 Å². The second kappa shape index (κ2) is 9.80. The molecule has 0 unspecified atom stereocenters. The summed E-state index contributed by atoms with van der Waals surface area (Å²) in [5, 5.41) is 0. The molecule has 0 spiro atoms. The second-order valence-electron chi connectivity index (χ2n) is 8.16. The van der Waals surface area contributed by atoms with E-state index in [1.807, 2.05) is 0 Å². The van der Waals surface area contributed by atoms with Crippen LogP contribution in [0.5, 0.6) is 5.75 Å². The lowest BCUT2D eigenvalue weighted by atomic mass is 9.68. The molecule has 0 N–H and O–H groups in total. The van der Waals surface area contributed by atoms with Crippen molar-refractivity contribution in [3.05, 3.63) is 40.9 Å². The van der Waals surface area contributed by atoms with Crippen molar-refractivity contribution < 1.29 is 4.74 Å². The minimum Gasteiger partial charge on any atom is -0.497 e. The van der Waals surface area contributed by atoms with E-state index in [1.54, 1.807) is 7.11 Å². The van der Waals surface area contributed by atoms with Gasteiger partial charge in [0, 0.05) is 0 Å². The minimum absolute atomic E-state index is 0.830. The normalized spacial score (nSPS) is 30.5. The first-order valence-electron chi connectivity index (χ1n) is 10.2. The number of ether oxygens (including phenoxy) is 1. The molecule has 2 fully saturated rings. The summed E-state index contributed by atoms with van der Waals surface area (Å²) in [5.74, 6) is 4.78. The van der Waals surface area contributed by atoms with E-state index in [-0.39, 0.29) is 0 Å². The third kappa shape index (κ3) is 5.61. The lowest BCUT2D eigenvalue weighted by Gasteiger charge is -2.37. The fourth-order valence-electron chi connectivity index (χ4n) is 5.02. The predicted molar refractivity (Wildman–Crippen MR) is 110 cm³/mol. The van der Waals surface area contributed by atoms with Gasteiger partial charge < -0.3 is 4.74 Å². The lowest BCUT2D eigenvalue weighted by Crippen LogP contribution is -2.25. The summed E-state index contributed by atoms with van der Waals surface area (Å²) in [6.07, 6.45) is 16.6. The van der Waals surface area contributed by atoms with Crippen molar-refractivity contribution in [2.24, 2.45) is 23.7 Å². The van der Waals surface area contributed by atoms with Crippen LogP contribution in [0.15, 0.2) is 35.3 Å². The highest BCUT2D eigenvalue weighted by molar-refractivity contribution is 9.11. The van der Waals surface area contributed by atoms with Crippen molar-refractivity contribution in [3.8, 4) is 5.75 Å². The van der Waals surface area contributed by atoms with E-state index >= 15 is 0 Å². The molecule has 1 aromatic carbocycles. The van der Waals surface area contributed by atoms with Gasteiger partial charge in [-0.1, -0.05) is 47.0 Å². The summed E-state index contributed by atoms with van der Waals surface area (Å²) in [5.41, 5.74) is 1.46. The molecule has 25 heavy (non-hydrogen) atoms. The van der Waals surface area contributed by atoms with Crippen molar-refractivity contribution >= 4 is 15.9 Å². The Labute approximate surface area is 162 Å². The smallest absolute Gasteiger partial charge is 0.118 e. The van der Waals surface area contributed by atoms with Crippen LogP contribution in [0.3, 0.4) is 0 Å². The Morgan fingerprint density at radius 2 is 1.52 bits per heavy atom. The molecule has 1 aromatic rings. The first kappa shape index (κ1) is 19.0. The van der Waals surface area contributed by atoms with Crippen molar-refractivity contribution in [2.45, 2.75) is 64.2 Å². The minimum atomic E-state index is 0.830. The highest BCUT2D eigenvalue weighted by Crippen LogP contribution is 2.42. The molecular weight excluding hydrogens is 372 g/mol. The fraction of sp³-hybridized carbons (Fsp3) is 0.652. The Bertz CT molecular complexity index is 520. The molecular formula is C23H33BrO. The van der Waals surface area contributed by atoms with Crippen molar-refractivity contribution in [1.82, 2.24) is 0 Å². The van der Waals surface area contributed by atoms with Gasteiger partial charge in [0.25, 0.3) is 0 Å². The highest BCUT2D eigenvalue weighted by atomic mass is 79.9. The topological polar surface area (TPSA) is 9.23 Å². The van der Waals surface area contributed by atoms with Gasteiger partial charge in [-0.25, -0.2) is 0 Å². The van der Waals surface area contributed by atoms with Gasteiger partial charge in [0.1, 0.15) is 5.75 Å². The van der Waals surface area contributed by atoms with Crippen molar-refractivity contribution in [3.63, 3.8) is 0 Å². The number of rotatable bonds is 6. The van der Waals surface area contributed by atoms with Gasteiger partial charge in [0.2, 0.25) is 0 Å². The van der Waals surface area contributed by atoms with E-state index in [9.17, 15) is 0 Å². The molecule has 0 atom stereocenters. The Kier molecular flexibility index (Phi) is 7.46. The van der Waals surface area contributed by atoms with Gasteiger partial charge in [-0.05, 0) is 97.7 Å². The summed E-state index contributed by atoms with van der Waals surface area (Å²) >= 11 is 3.44. The van der Waals surface area contributed by atoms with Crippen molar-refractivity contribution in [1.29, 1.82) is 0 Å². The van der Waals surface area contributed by atoms with E-state index in [0.717, 1.165) is 29.4 Å². The highest BCUT2D eigenvalue weighted by Gasteiger charge is 2.30. The van der Waals surface area contributed by atoms with Crippen LogP contribution in [-0.2, 0) is 6.42 Å². The number of benzene rings is 1. The molecule has 0 bridgehead atoms. The van der Waals surface area contributed by atoms with Crippen LogP contribution in [0.2, 0.25) is 0 Å². The van der Waals surface area contributed by atoms with Gasteiger partial charge >= 0.3 is 0 Å². The van der Waals surface area contributed by atoms with E-state index in [0.29, 0.717) is 0 Å². The average molecular weight is 405 g/mol. The largest absolute Gasteiger partial charge is 0.497 e. The molecule has 0 amide bonds. The van der Waals surface area contributed by atoms with Crippen LogP contribution >= 0.6 is 15.9 Å². The second-order valence-corrected chi connectivity index (χ2v) is 8.69. The molecule has 3 rings (SSSR count). The first-order valence-corrected chi connectivity index (χ1v) is 11.1. The standard InChI is InChI=1S/C23H33BrO/c1-25-23-14-8-19(9-15-23)3-2-18-4-10-21(11-5-18)22-12-6-20(7-13-22)16-17-24/h8-9,14-18,20-22H,2-7,10-13H2,1H3/b17-16+. The number of hydrogen-bond acceptors (Lipinski definition) is 1. The Morgan fingerprint density at radius 3 is 2.08 bits per heavy atom. The zero-order valence-corrected chi connectivity index (χ0v) is 17.2. The van der Waals surface area contributed by atoms with E-state index < -0.39 is 0 Å². The average Bonchev–Trinajstić information content (AvgIpc) is 2.68. The Hall–Kier alpha value is -0.760. The number of aryl methyl sites for hydroxylation is 1. The molecule has 1 nitrogen and oxygen atoms in total. The molecule has 2 saturated carbocycles. The van der Waals surface area contributed by atoms with Gasteiger partial charge in [-0.3, -0.25) is 0 Å². The molecule has 0 radical (unpaired) electrons. The Morgan fingerprint density at radius 1 is 0.920 bits per heavy atom. The molecule has 0 aliphatic heterocycles. The maximum absolute atomic E-state index is 5.25. The third-order valence-corrected chi connectivity index (χ3v) is 7.03. The number of methoxy groups -OCH3 is 1. The van der Waals surface area contributed by atoms with Crippen LogP contribution < -0.4 is 4.74 Å². The van der Waals surface area contributed by atoms with Crippen molar-refractivity contribution in [2.75, 3.05) is 7.11 Å². The molecule has 0 saturated heterocycles. The summed E-state index contributed by atoms with van der Waals surface area (Å²) in [7, 11) is 1.73. The van der Waals surface area contributed by atoms with Gasteiger partial charge in [0.05, 0.1) is 7.11 Å². The molecule has 0 aromatic heterocycles. The number of halogens is 1. The summed E-state index contributed by atoms with van der Waals surface area (Å²) in [6, 6.07) is 8.63.